The Morgan fingerprint density at radius 2 is 1.15 bits per heavy atom. The van der Waals surface area contributed by atoms with Gasteiger partial charge in [-0.15, -0.1) is 0 Å². The Morgan fingerprint density at radius 3 is 1.72 bits per heavy atom. The van der Waals surface area contributed by atoms with Crippen LogP contribution in [-0.4, -0.2) is 6.71 Å². The Balaban J connectivity index is 1.44. The highest BCUT2D eigenvalue weighted by molar-refractivity contribution is 7.00. The molecule has 0 spiro atoms. The zero-order valence-electron chi connectivity index (χ0n) is 41.7. The highest BCUT2D eigenvalue weighted by Crippen LogP contribution is 2.52. The van der Waals surface area contributed by atoms with E-state index in [-0.39, 0.29) is 28.4 Å². The number of hydrogen-bond acceptors (Lipinski definition) is 3. The van der Waals surface area contributed by atoms with Crippen LogP contribution in [0.2, 0.25) is 0 Å². The predicted molar refractivity (Wildman–Crippen MR) is 284 cm³/mol. The van der Waals surface area contributed by atoms with Gasteiger partial charge in [-0.05, 0) is 172 Å². The third-order valence-corrected chi connectivity index (χ3v) is 14.8. The van der Waals surface area contributed by atoms with E-state index in [2.05, 4.69) is 245 Å². The van der Waals surface area contributed by atoms with Crippen LogP contribution in [0.25, 0.3) is 0 Å². The Labute approximate surface area is 392 Å². The standard InChI is InChI=1S/C61H70BN3/c1-15-17-24-44(16-2)63(45-25-20-18-21-26-45)47-29-30-50-52(37-47)65(57-40(3)33-42(34-41(57)4)58(5,6)7)55-36-43(59(8,9)10)35-54-56(55)62(50)51-38-48-49(61(13,14)32-31-60(48,11)12)39-53(51)64(54)46-27-22-19-23-28-46/h16-30,33-39H,15,31-32H2,1-14H3/b24-17-,44-16+. The van der Waals surface area contributed by atoms with Gasteiger partial charge in [-0.2, -0.15) is 0 Å². The van der Waals surface area contributed by atoms with Gasteiger partial charge in [0.2, 0.25) is 0 Å². The summed E-state index contributed by atoms with van der Waals surface area (Å²) in [6.45, 7) is 33.0. The van der Waals surface area contributed by atoms with Crippen LogP contribution >= 0.6 is 0 Å². The molecule has 65 heavy (non-hydrogen) atoms. The minimum atomic E-state index is -0.115. The molecule has 2 heterocycles. The smallest absolute Gasteiger partial charge is 0.252 e. The van der Waals surface area contributed by atoms with E-state index in [1.54, 1.807) is 0 Å². The lowest BCUT2D eigenvalue weighted by molar-refractivity contribution is 0.332. The van der Waals surface area contributed by atoms with Gasteiger partial charge in [0.1, 0.15) is 0 Å². The van der Waals surface area contributed by atoms with Crippen LogP contribution in [0.3, 0.4) is 0 Å². The molecular formula is C61H70BN3. The van der Waals surface area contributed by atoms with Gasteiger partial charge in [0, 0.05) is 45.5 Å². The summed E-state index contributed by atoms with van der Waals surface area (Å²) in [4.78, 5) is 7.72. The maximum absolute atomic E-state index is 2.67. The van der Waals surface area contributed by atoms with E-state index in [0.717, 1.165) is 23.5 Å². The molecule has 0 fully saturated rings. The first-order valence-electron chi connectivity index (χ1n) is 24.2. The number of fused-ring (bicyclic) bond motifs is 5. The average Bonchev–Trinajstić information content (AvgIpc) is 3.26. The lowest BCUT2D eigenvalue weighted by Crippen LogP contribution is -2.62. The van der Waals surface area contributed by atoms with Crippen LogP contribution in [0.4, 0.5) is 45.5 Å². The first kappa shape index (κ1) is 44.5. The summed E-state index contributed by atoms with van der Waals surface area (Å²) < 4.78 is 0. The van der Waals surface area contributed by atoms with Crippen LogP contribution in [-0.2, 0) is 21.7 Å². The zero-order valence-corrected chi connectivity index (χ0v) is 41.7. The van der Waals surface area contributed by atoms with Crippen molar-refractivity contribution in [2.75, 3.05) is 14.7 Å². The van der Waals surface area contributed by atoms with Gasteiger partial charge in [-0.3, -0.25) is 0 Å². The molecule has 0 radical (unpaired) electrons. The van der Waals surface area contributed by atoms with E-state index >= 15 is 0 Å². The lowest BCUT2D eigenvalue weighted by atomic mass is 9.33. The third kappa shape index (κ3) is 7.55. The van der Waals surface area contributed by atoms with Gasteiger partial charge in [0.05, 0.1) is 5.69 Å². The van der Waals surface area contributed by atoms with Crippen molar-refractivity contribution in [2.24, 2.45) is 0 Å². The molecular weight excluding hydrogens is 786 g/mol. The molecule has 332 valence electrons. The first-order chi connectivity index (χ1) is 30.7. The summed E-state index contributed by atoms with van der Waals surface area (Å²) in [5.41, 5.74) is 23.3. The Kier molecular flexibility index (Phi) is 10.9. The molecule has 0 atom stereocenters. The van der Waals surface area contributed by atoms with Crippen LogP contribution < -0.4 is 31.1 Å². The Morgan fingerprint density at radius 1 is 0.615 bits per heavy atom. The molecule has 0 bridgehead atoms. The topological polar surface area (TPSA) is 9.72 Å². The number of allylic oxidation sites excluding steroid dienone is 3. The van der Waals surface area contributed by atoms with Gasteiger partial charge >= 0.3 is 0 Å². The molecule has 0 saturated heterocycles. The fourth-order valence-corrected chi connectivity index (χ4v) is 11.0. The predicted octanol–water partition coefficient (Wildman–Crippen LogP) is 15.3. The van der Waals surface area contributed by atoms with Crippen molar-refractivity contribution in [3.05, 3.63) is 173 Å². The first-order valence-corrected chi connectivity index (χ1v) is 24.2. The second kappa shape index (κ2) is 16.0. The van der Waals surface area contributed by atoms with Crippen molar-refractivity contribution in [3.63, 3.8) is 0 Å². The number of para-hydroxylation sites is 2. The van der Waals surface area contributed by atoms with E-state index in [4.69, 9.17) is 0 Å². The SMILES string of the molecule is C/C=C(\C=C/CC)N(c1ccccc1)c1ccc2c(c1)N(c1c(C)cc(C(C)(C)C)cc1C)c1cc(C(C)(C)C)cc3c1B2c1cc2c(cc1N3c1ccccc1)C(C)(C)CCC2(C)C. The summed E-state index contributed by atoms with van der Waals surface area (Å²) in [5.74, 6) is 0. The van der Waals surface area contributed by atoms with Crippen LogP contribution in [0.15, 0.2) is 139 Å². The molecule has 6 aromatic rings. The van der Waals surface area contributed by atoms with E-state index in [1.807, 2.05) is 0 Å². The molecule has 3 nitrogen and oxygen atoms in total. The van der Waals surface area contributed by atoms with Crippen molar-refractivity contribution in [1.82, 2.24) is 0 Å². The summed E-state index contributed by atoms with van der Waals surface area (Å²) >= 11 is 0. The van der Waals surface area contributed by atoms with Crippen molar-refractivity contribution in [2.45, 2.75) is 138 Å². The fourth-order valence-electron chi connectivity index (χ4n) is 11.0. The van der Waals surface area contributed by atoms with Gasteiger partial charge in [0.15, 0.2) is 0 Å². The van der Waals surface area contributed by atoms with Crippen molar-refractivity contribution < 1.29 is 0 Å². The second-order valence-corrected chi connectivity index (χ2v) is 22.5. The van der Waals surface area contributed by atoms with Crippen molar-refractivity contribution in [1.29, 1.82) is 0 Å². The average molecular weight is 856 g/mol. The molecule has 0 saturated carbocycles. The summed E-state index contributed by atoms with van der Waals surface area (Å²) in [6.07, 6.45) is 10.1. The molecule has 3 aliphatic rings. The summed E-state index contributed by atoms with van der Waals surface area (Å²) in [7, 11) is 0. The molecule has 0 aromatic heterocycles. The highest BCUT2D eigenvalue weighted by Gasteiger charge is 2.47. The molecule has 0 unspecified atom stereocenters. The third-order valence-electron chi connectivity index (χ3n) is 14.8. The molecule has 9 rings (SSSR count). The highest BCUT2D eigenvalue weighted by atomic mass is 15.2. The number of anilines is 8. The summed E-state index contributed by atoms with van der Waals surface area (Å²) in [5, 5.41) is 0. The fraction of sp³-hybridized carbons (Fsp3) is 0.344. The number of rotatable bonds is 7. The van der Waals surface area contributed by atoms with E-state index in [9.17, 15) is 0 Å². The minimum Gasteiger partial charge on any atom is -0.311 e. The largest absolute Gasteiger partial charge is 0.311 e. The normalized spacial score (nSPS) is 16.3. The zero-order chi connectivity index (χ0) is 46.4. The monoisotopic (exact) mass is 856 g/mol. The van der Waals surface area contributed by atoms with Crippen LogP contribution in [0, 0.1) is 13.8 Å². The minimum absolute atomic E-state index is 0.0104. The maximum atomic E-state index is 2.67. The molecule has 1 aliphatic carbocycles. The Hall–Kier alpha value is -5.74. The van der Waals surface area contributed by atoms with Crippen LogP contribution in [0.1, 0.15) is 136 Å². The number of nitrogens with zero attached hydrogens (tertiary/aromatic N) is 3. The van der Waals surface area contributed by atoms with E-state index in [1.165, 1.54) is 96.7 Å². The second-order valence-electron chi connectivity index (χ2n) is 22.5. The van der Waals surface area contributed by atoms with Crippen molar-refractivity contribution >= 4 is 68.6 Å². The number of benzene rings is 6. The lowest BCUT2D eigenvalue weighted by Gasteiger charge is -2.48. The maximum Gasteiger partial charge on any atom is 0.252 e. The molecule has 0 N–H and O–H groups in total. The van der Waals surface area contributed by atoms with Gasteiger partial charge in [-0.1, -0.05) is 149 Å². The molecule has 6 aromatic carbocycles. The van der Waals surface area contributed by atoms with Gasteiger partial charge in [-0.25, -0.2) is 0 Å². The van der Waals surface area contributed by atoms with Crippen LogP contribution in [0.5, 0.6) is 0 Å². The molecule has 2 aliphatic heterocycles. The van der Waals surface area contributed by atoms with E-state index < -0.39 is 0 Å². The van der Waals surface area contributed by atoms with E-state index in [0.29, 0.717) is 0 Å². The molecule has 0 amide bonds. The van der Waals surface area contributed by atoms with Gasteiger partial charge < -0.3 is 14.7 Å². The van der Waals surface area contributed by atoms with Crippen molar-refractivity contribution in [3.8, 4) is 0 Å². The van der Waals surface area contributed by atoms with Gasteiger partial charge in [0.25, 0.3) is 6.71 Å². The molecule has 4 heteroatoms. The number of aryl methyl sites for hydroxylation is 2. The number of hydrogen-bond donors (Lipinski definition) is 0. The quantitative estimate of drug-likeness (QED) is 0.117. The Bertz CT molecular complexity index is 2840. The summed E-state index contributed by atoms with van der Waals surface area (Å²) in [6, 6.07) is 44.7.